The highest BCUT2D eigenvalue weighted by atomic mass is 32.2. The van der Waals surface area contributed by atoms with Crippen LogP contribution in [0.5, 0.6) is 11.5 Å². The van der Waals surface area contributed by atoms with Crippen molar-refractivity contribution in [3.63, 3.8) is 0 Å². The van der Waals surface area contributed by atoms with Crippen molar-refractivity contribution in [1.82, 2.24) is 10.2 Å². The molecular weight excluding hydrogens is 530 g/mol. The van der Waals surface area contributed by atoms with E-state index in [0.29, 0.717) is 40.2 Å². The second-order valence-electron chi connectivity index (χ2n) is 8.94. The summed E-state index contributed by atoms with van der Waals surface area (Å²) in [5.74, 6) is 0.714. The van der Waals surface area contributed by atoms with Gasteiger partial charge in [0.1, 0.15) is 23.4 Å². The quantitative estimate of drug-likeness (QED) is 0.411. The monoisotopic (exact) mass is 557 g/mol. The molecule has 10 nitrogen and oxygen atoms in total. The maximum atomic E-state index is 13.0. The fourth-order valence-electron chi connectivity index (χ4n) is 4.36. The first-order chi connectivity index (χ1) is 19.5. The second-order valence-corrected chi connectivity index (χ2v) is 9.88. The van der Waals surface area contributed by atoms with E-state index in [-0.39, 0.29) is 24.0 Å². The number of methoxy groups -OCH3 is 2. The van der Waals surface area contributed by atoms with Crippen LogP contribution in [0.25, 0.3) is 0 Å². The van der Waals surface area contributed by atoms with Crippen LogP contribution in [0.4, 0.5) is 11.4 Å². The van der Waals surface area contributed by atoms with Gasteiger partial charge < -0.3 is 20.1 Å². The summed E-state index contributed by atoms with van der Waals surface area (Å²) in [6, 6.07) is 20.9. The SMILES string of the molecule is COc1ccc(CNC(=O)CC2C(=O)N=C3c4ccccc4N=C(SCC(=O)Nc4ccccc4OC)N32)cc1. The molecule has 3 amide bonds. The number of para-hydroxylation sites is 3. The predicted octanol–water partition coefficient (Wildman–Crippen LogP) is 3.74. The number of fused-ring (bicyclic) bond motifs is 3. The van der Waals surface area contributed by atoms with E-state index in [1.807, 2.05) is 54.6 Å². The molecule has 3 aromatic carbocycles. The Bertz CT molecular complexity index is 1500. The van der Waals surface area contributed by atoms with E-state index >= 15 is 0 Å². The molecule has 0 bridgehead atoms. The lowest BCUT2D eigenvalue weighted by molar-refractivity contribution is -0.126. The molecule has 0 spiro atoms. The molecule has 0 saturated carbocycles. The number of aliphatic imine (C=N–C) groups is 2. The van der Waals surface area contributed by atoms with Crippen LogP contribution >= 0.6 is 11.8 Å². The third-order valence-electron chi connectivity index (χ3n) is 6.35. The minimum atomic E-state index is -0.872. The molecule has 0 aromatic heterocycles. The minimum Gasteiger partial charge on any atom is -0.497 e. The molecule has 1 atom stereocenters. The topological polar surface area (TPSA) is 122 Å². The molecule has 2 heterocycles. The molecule has 11 heteroatoms. The zero-order valence-electron chi connectivity index (χ0n) is 21.9. The van der Waals surface area contributed by atoms with Crippen LogP contribution in [0.3, 0.4) is 0 Å². The van der Waals surface area contributed by atoms with E-state index in [1.165, 1.54) is 18.9 Å². The van der Waals surface area contributed by atoms with Gasteiger partial charge in [-0.2, -0.15) is 4.99 Å². The molecule has 5 rings (SSSR count). The molecule has 204 valence electrons. The van der Waals surface area contributed by atoms with Crippen LogP contribution in [0.1, 0.15) is 17.5 Å². The minimum absolute atomic E-state index is 0.0212. The zero-order valence-corrected chi connectivity index (χ0v) is 22.7. The third-order valence-corrected chi connectivity index (χ3v) is 7.30. The number of carbonyl (C=O) groups is 3. The molecular formula is C29H27N5O5S. The number of benzene rings is 3. The Hall–Kier alpha value is -4.64. The molecule has 0 saturated heterocycles. The van der Waals surface area contributed by atoms with Gasteiger partial charge in [0.25, 0.3) is 5.91 Å². The van der Waals surface area contributed by atoms with Gasteiger partial charge in [0.05, 0.1) is 37.8 Å². The Kier molecular flexibility index (Phi) is 8.11. The van der Waals surface area contributed by atoms with Gasteiger partial charge in [-0.3, -0.25) is 19.3 Å². The smallest absolute Gasteiger partial charge is 0.271 e. The van der Waals surface area contributed by atoms with E-state index in [9.17, 15) is 14.4 Å². The second kappa shape index (κ2) is 12.0. The van der Waals surface area contributed by atoms with Crippen molar-refractivity contribution in [3.05, 3.63) is 83.9 Å². The van der Waals surface area contributed by atoms with E-state index in [2.05, 4.69) is 15.6 Å². The van der Waals surface area contributed by atoms with Crippen LogP contribution in [0.15, 0.2) is 82.8 Å². The molecule has 2 aliphatic heterocycles. The van der Waals surface area contributed by atoms with E-state index in [1.54, 1.807) is 30.2 Å². The maximum absolute atomic E-state index is 13.0. The van der Waals surface area contributed by atoms with Crippen molar-refractivity contribution >= 4 is 51.9 Å². The molecule has 2 aliphatic rings. The summed E-state index contributed by atoms with van der Waals surface area (Å²) < 4.78 is 10.5. The van der Waals surface area contributed by atoms with Gasteiger partial charge in [-0.25, -0.2) is 4.99 Å². The summed E-state index contributed by atoms with van der Waals surface area (Å²) in [5.41, 5.74) is 2.79. The number of hydrogen-bond donors (Lipinski definition) is 2. The number of rotatable bonds is 9. The van der Waals surface area contributed by atoms with E-state index < -0.39 is 11.9 Å². The molecule has 0 fully saturated rings. The standard InChI is InChI=1S/C29H27N5O5S/c1-38-19-13-11-18(12-14-19)16-30-25(35)15-23-28(37)33-27-20-7-3-4-8-21(20)32-29(34(23)27)40-17-26(36)31-22-9-5-6-10-24(22)39-2/h3-14,23H,15-17H2,1-2H3,(H,30,35)(H,31,36). The number of thioether (sulfide) groups is 1. The zero-order chi connectivity index (χ0) is 28.1. The number of carbonyl (C=O) groups excluding carboxylic acids is 3. The molecule has 40 heavy (non-hydrogen) atoms. The summed E-state index contributed by atoms with van der Waals surface area (Å²) in [5, 5.41) is 6.14. The first-order valence-corrected chi connectivity index (χ1v) is 13.5. The van der Waals surface area contributed by atoms with Gasteiger partial charge in [0, 0.05) is 12.1 Å². The van der Waals surface area contributed by atoms with Crippen molar-refractivity contribution in [1.29, 1.82) is 0 Å². The summed E-state index contributed by atoms with van der Waals surface area (Å²) in [4.78, 5) is 49.5. The molecule has 2 N–H and O–H groups in total. The number of amides is 3. The average Bonchev–Trinajstić information content (AvgIpc) is 3.31. The van der Waals surface area contributed by atoms with Gasteiger partial charge in [0.2, 0.25) is 11.8 Å². The first kappa shape index (κ1) is 26.9. The van der Waals surface area contributed by atoms with Crippen LogP contribution < -0.4 is 20.1 Å². The van der Waals surface area contributed by atoms with Crippen molar-refractivity contribution < 1.29 is 23.9 Å². The summed E-state index contributed by atoms with van der Waals surface area (Å²) in [6.07, 6.45) is -0.114. The fourth-order valence-corrected chi connectivity index (χ4v) is 5.21. The number of anilines is 1. The Morgan fingerprint density at radius 3 is 2.45 bits per heavy atom. The molecule has 0 aliphatic carbocycles. The van der Waals surface area contributed by atoms with E-state index in [0.717, 1.165) is 11.3 Å². The van der Waals surface area contributed by atoms with Gasteiger partial charge in [-0.05, 0) is 42.0 Å². The van der Waals surface area contributed by atoms with Crippen molar-refractivity contribution in [2.24, 2.45) is 9.98 Å². The number of nitrogens with one attached hydrogen (secondary N) is 2. The number of hydrogen-bond acceptors (Lipinski definition) is 8. The number of amidine groups is 2. The Labute approximate surface area is 235 Å². The van der Waals surface area contributed by atoms with Crippen molar-refractivity contribution in [3.8, 4) is 11.5 Å². The van der Waals surface area contributed by atoms with Gasteiger partial charge >= 0.3 is 0 Å². The average molecular weight is 558 g/mol. The summed E-state index contributed by atoms with van der Waals surface area (Å²) in [7, 11) is 3.12. The van der Waals surface area contributed by atoms with Gasteiger partial charge in [-0.15, -0.1) is 0 Å². The highest BCUT2D eigenvalue weighted by Gasteiger charge is 2.42. The lowest BCUT2D eigenvalue weighted by Crippen LogP contribution is -2.46. The van der Waals surface area contributed by atoms with Crippen LogP contribution in [-0.4, -0.2) is 59.6 Å². The lowest BCUT2D eigenvalue weighted by atomic mass is 10.1. The van der Waals surface area contributed by atoms with Gasteiger partial charge in [0.15, 0.2) is 5.17 Å². The Morgan fingerprint density at radius 2 is 1.68 bits per heavy atom. The first-order valence-electron chi connectivity index (χ1n) is 12.5. The number of nitrogens with zero attached hydrogens (tertiary/aromatic N) is 3. The molecule has 3 aromatic rings. The number of ether oxygens (including phenoxy) is 2. The summed E-state index contributed by atoms with van der Waals surface area (Å²) >= 11 is 1.17. The highest BCUT2D eigenvalue weighted by molar-refractivity contribution is 8.14. The fraction of sp³-hybridized carbons (Fsp3) is 0.207. The van der Waals surface area contributed by atoms with E-state index in [4.69, 9.17) is 14.5 Å². The predicted molar refractivity (Wildman–Crippen MR) is 154 cm³/mol. The Morgan fingerprint density at radius 1 is 0.925 bits per heavy atom. The lowest BCUT2D eigenvalue weighted by Gasteiger charge is -2.30. The van der Waals surface area contributed by atoms with Crippen molar-refractivity contribution in [2.45, 2.75) is 19.0 Å². The summed E-state index contributed by atoms with van der Waals surface area (Å²) in [6.45, 7) is 0.305. The third kappa shape index (κ3) is 5.84. The van der Waals surface area contributed by atoms with Gasteiger partial charge in [-0.1, -0.05) is 48.2 Å². The largest absolute Gasteiger partial charge is 0.497 e. The Balaban J connectivity index is 1.29. The highest BCUT2D eigenvalue weighted by Crippen LogP contribution is 2.35. The van der Waals surface area contributed by atoms with Crippen molar-refractivity contribution in [2.75, 3.05) is 25.3 Å². The molecule has 0 radical (unpaired) electrons. The normalized spacial score (nSPS) is 15.4. The maximum Gasteiger partial charge on any atom is 0.271 e. The van der Waals surface area contributed by atoms with Crippen LogP contribution in [-0.2, 0) is 20.9 Å². The molecule has 1 unspecified atom stereocenters. The van der Waals surface area contributed by atoms with Crippen LogP contribution in [0, 0.1) is 0 Å². The van der Waals surface area contributed by atoms with Crippen LogP contribution in [0.2, 0.25) is 0 Å².